The summed E-state index contributed by atoms with van der Waals surface area (Å²) < 4.78 is 11.0. The Kier molecular flexibility index (Phi) is 6.45. The Bertz CT molecular complexity index is 788. The van der Waals surface area contributed by atoms with E-state index in [2.05, 4.69) is 26.1 Å². The Morgan fingerprint density at radius 2 is 1.85 bits per heavy atom. The van der Waals surface area contributed by atoms with Crippen molar-refractivity contribution in [3.05, 3.63) is 59.7 Å². The second kappa shape index (κ2) is 8.56. The highest BCUT2D eigenvalue weighted by Gasteiger charge is 2.18. The number of anilines is 1. The SMILES string of the molecule is C/C=C/c1ccc(OCC(=O)Nc2ccccc2C(C)(C)C)c(OC)c1. The minimum absolute atomic E-state index is 0.0590. The predicted molar refractivity (Wildman–Crippen MR) is 107 cm³/mol. The number of hydrogen-bond acceptors (Lipinski definition) is 3. The molecule has 2 aromatic rings. The van der Waals surface area contributed by atoms with Crippen molar-refractivity contribution in [2.24, 2.45) is 0 Å². The first kappa shape index (κ1) is 19.6. The van der Waals surface area contributed by atoms with Crippen LogP contribution in [0.4, 0.5) is 5.69 Å². The van der Waals surface area contributed by atoms with Gasteiger partial charge in [0.25, 0.3) is 5.91 Å². The molecule has 0 radical (unpaired) electrons. The predicted octanol–water partition coefficient (Wildman–Crippen LogP) is 5.04. The van der Waals surface area contributed by atoms with Crippen molar-refractivity contribution < 1.29 is 14.3 Å². The van der Waals surface area contributed by atoms with Gasteiger partial charge in [-0.25, -0.2) is 0 Å². The molecule has 0 bridgehead atoms. The highest BCUT2D eigenvalue weighted by Crippen LogP contribution is 2.30. The lowest BCUT2D eigenvalue weighted by atomic mass is 9.86. The maximum absolute atomic E-state index is 12.3. The van der Waals surface area contributed by atoms with Gasteiger partial charge in [-0.1, -0.05) is 57.2 Å². The van der Waals surface area contributed by atoms with Crippen molar-refractivity contribution in [2.75, 3.05) is 19.0 Å². The van der Waals surface area contributed by atoms with E-state index in [4.69, 9.17) is 9.47 Å². The van der Waals surface area contributed by atoms with Crippen LogP contribution in [0.3, 0.4) is 0 Å². The van der Waals surface area contributed by atoms with Crippen LogP contribution >= 0.6 is 0 Å². The van der Waals surface area contributed by atoms with Crippen LogP contribution in [0.2, 0.25) is 0 Å². The monoisotopic (exact) mass is 353 g/mol. The van der Waals surface area contributed by atoms with Crippen LogP contribution in [0.5, 0.6) is 11.5 Å². The minimum atomic E-state index is -0.207. The third kappa shape index (κ3) is 5.12. The Hall–Kier alpha value is -2.75. The highest BCUT2D eigenvalue weighted by atomic mass is 16.5. The second-order valence-corrected chi connectivity index (χ2v) is 7.04. The zero-order chi connectivity index (χ0) is 19.2. The van der Waals surface area contributed by atoms with E-state index in [0.29, 0.717) is 11.5 Å². The number of nitrogens with one attached hydrogen (secondary N) is 1. The van der Waals surface area contributed by atoms with Gasteiger partial charge in [-0.3, -0.25) is 4.79 Å². The lowest BCUT2D eigenvalue weighted by Gasteiger charge is -2.23. The topological polar surface area (TPSA) is 47.6 Å². The average Bonchev–Trinajstić information content (AvgIpc) is 2.60. The molecule has 4 nitrogen and oxygen atoms in total. The number of carbonyl (C=O) groups excluding carboxylic acids is 1. The molecular weight excluding hydrogens is 326 g/mol. The highest BCUT2D eigenvalue weighted by molar-refractivity contribution is 5.92. The van der Waals surface area contributed by atoms with Crippen molar-refractivity contribution in [3.8, 4) is 11.5 Å². The van der Waals surface area contributed by atoms with Crippen LogP contribution in [0.25, 0.3) is 6.08 Å². The van der Waals surface area contributed by atoms with E-state index < -0.39 is 0 Å². The van der Waals surface area contributed by atoms with Gasteiger partial charge in [0.1, 0.15) is 0 Å². The van der Waals surface area contributed by atoms with Gasteiger partial charge >= 0.3 is 0 Å². The summed E-state index contributed by atoms with van der Waals surface area (Å²) in [5, 5.41) is 2.94. The Labute approximate surface area is 155 Å². The first-order chi connectivity index (χ1) is 12.3. The number of carbonyl (C=O) groups is 1. The normalized spacial score (nSPS) is 11.4. The smallest absolute Gasteiger partial charge is 0.262 e. The van der Waals surface area contributed by atoms with E-state index >= 15 is 0 Å². The number of hydrogen-bond donors (Lipinski definition) is 1. The van der Waals surface area contributed by atoms with E-state index in [9.17, 15) is 4.79 Å². The van der Waals surface area contributed by atoms with Gasteiger partial charge in [0.15, 0.2) is 18.1 Å². The minimum Gasteiger partial charge on any atom is -0.493 e. The fourth-order valence-corrected chi connectivity index (χ4v) is 2.68. The number of rotatable bonds is 6. The molecule has 1 N–H and O–H groups in total. The van der Waals surface area contributed by atoms with Crippen LogP contribution in [-0.4, -0.2) is 19.6 Å². The fourth-order valence-electron chi connectivity index (χ4n) is 2.68. The number of benzene rings is 2. The fraction of sp³-hybridized carbons (Fsp3) is 0.318. The van der Waals surface area contributed by atoms with Gasteiger partial charge < -0.3 is 14.8 Å². The largest absolute Gasteiger partial charge is 0.493 e. The van der Waals surface area contributed by atoms with Crippen LogP contribution in [0, 0.1) is 0 Å². The number of methoxy groups -OCH3 is 1. The van der Waals surface area contributed by atoms with Gasteiger partial charge in [0.2, 0.25) is 0 Å². The molecule has 1 amide bonds. The molecule has 2 aromatic carbocycles. The van der Waals surface area contributed by atoms with Crippen molar-refractivity contribution in [2.45, 2.75) is 33.1 Å². The van der Waals surface area contributed by atoms with E-state index in [0.717, 1.165) is 16.8 Å². The molecule has 0 aliphatic rings. The first-order valence-electron chi connectivity index (χ1n) is 8.68. The third-order valence-corrected chi connectivity index (χ3v) is 3.91. The molecule has 2 rings (SSSR count). The molecule has 0 aliphatic carbocycles. The van der Waals surface area contributed by atoms with Gasteiger partial charge in [0, 0.05) is 5.69 Å². The van der Waals surface area contributed by atoms with E-state index in [1.165, 1.54) is 0 Å². The third-order valence-electron chi connectivity index (χ3n) is 3.91. The molecule has 4 heteroatoms. The van der Waals surface area contributed by atoms with Crippen LogP contribution in [-0.2, 0) is 10.2 Å². The summed E-state index contributed by atoms with van der Waals surface area (Å²) in [6, 6.07) is 13.4. The number of para-hydroxylation sites is 1. The van der Waals surface area contributed by atoms with Gasteiger partial charge in [-0.05, 0) is 41.7 Å². The zero-order valence-electron chi connectivity index (χ0n) is 16.1. The first-order valence-corrected chi connectivity index (χ1v) is 8.68. The molecule has 0 unspecified atom stereocenters. The summed E-state index contributed by atoms with van der Waals surface area (Å²) >= 11 is 0. The summed E-state index contributed by atoms with van der Waals surface area (Å²) in [6.07, 6.45) is 3.93. The molecule has 138 valence electrons. The second-order valence-electron chi connectivity index (χ2n) is 7.04. The summed E-state index contributed by atoms with van der Waals surface area (Å²) in [6.45, 7) is 8.22. The molecule has 0 heterocycles. The summed E-state index contributed by atoms with van der Waals surface area (Å²) in [5.74, 6) is 0.935. The van der Waals surface area contributed by atoms with Crippen molar-refractivity contribution in [1.29, 1.82) is 0 Å². The van der Waals surface area contributed by atoms with E-state index in [1.807, 2.05) is 61.5 Å². The Morgan fingerprint density at radius 3 is 2.50 bits per heavy atom. The molecule has 26 heavy (non-hydrogen) atoms. The maximum Gasteiger partial charge on any atom is 0.262 e. The number of amides is 1. The number of allylic oxidation sites excluding steroid dienone is 1. The van der Waals surface area contributed by atoms with E-state index in [-0.39, 0.29) is 17.9 Å². The van der Waals surface area contributed by atoms with Crippen molar-refractivity contribution in [1.82, 2.24) is 0 Å². The lowest BCUT2D eigenvalue weighted by Crippen LogP contribution is -2.23. The van der Waals surface area contributed by atoms with Crippen LogP contribution < -0.4 is 14.8 Å². The summed E-state index contributed by atoms with van der Waals surface area (Å²) in [4.78, 5) is 12.3. The summed E-state index contributed by atoms with van der Waals surface area (Å²) in [5.41, 5.74) is 2.85. The Morgan fingerprint density at radius 1 is 1.12 bits per heavy atom. The van der Waals surface area contributed by atoms with Crippen molar-refractivity contribution >= 4 is 17.7 Å². The molecule has 0 spiro atoms. The molecule has 0 aliphatic heterocycles. The summed E-state index contributed by atoms with van der Waals surface area (Å²) in [7, 11) is 1.58. The lowest BCUT2D eigenvalue weighted by molar-refractivity contribution is -0.118. The molecule has 0 atom stereocenters. The standard InChI is InChI=1S/C22H27NO3/c1-6-9-16-12-13-19(20(14-16)25-5)26-15-21(24)23-18-11-8-7-10-17(18)22(2,3)4/h6-14H,15H2,1-5H3,(H,23,24)/b9-6+. The van der Waals surface area contributed by atoms with Crippen LogP contribution in [0.1, 0.15) is 38.8 Å². The van der Waals surface area contributed by atoms with Gasteiger partial charge in [0.05, 0.1) is 7.11 Å². The van der Waals surface area contributed by atoms with Gasteiger partial charge in [-0.2, -0.15) is 0 Å². The average molecular weight is 353 g/mol. The zero-order valence-corrected chi connectivity index (χ0v) is 16.1. The maximum atomic E-state index is 12.3. The van der Waals surface area contributed by atoms with Crippen molar-refractivity contribution in [3.63, 3.8) is 0 Å². The molecule has 0 aromatic heterocycles. The van der Waals surface area contributed by atoms with Crippen LogP contribution in [0.15, 0.2) is 48.5 Å². The molecule has 0 fully saturated rings. The Balaban J connectivity index is 2.06. The molecule has 0 saturated heterocycles. The molecular formula is C22H27NO3. The number of ether oxygens (including phenoxy) is 2. The quantitative estimate of drug-likeness (QED) is 0.791. The van der Waals surface area contributed by atoms with Gasteiger partial charge in [-0.15, -0.1) is 0 Å². The van der Waals surface area contributed by atoms with E-state index in [1.54, 1.807) is 7.11 Å². The molecule has 0 saturated carbocycles.